The van der Waals surface area contributed by atoms with Crippen molar-refractivity contribution in [3.8, 4) is 5.75 Å². The summed E-state index contributed by atoms with van der Waals surface area (Å²) in [5.74, 6) is 0.00927. The SMILES string of the molecule is Cc1ccc(S(=O)(=O)N2C[C@@H](C(=O)NCCc3ccc(Cl)cc3)Oc3cc(C)ccc32)cc1. The van der Waals surface area contributed by atoms with E-state index in [1.54, 1.807) is 48.5 Å². The van der Waals surface area contributed by atoms with Crippen molar-refractivity contribution < 1.29 is 17.9 Å². The van der Waals surface area contributed by atoms with E-state index in [0.717, 1.165) is 16.7 Å². The first kappa shape index (κ1) is 23.1. The third-order valence-corrected chi connectivity index (χ3v) is 7.56. The molecule has 1 N–H and O–H groups in total. The highest BCUT2D eigenvalue weighted by atomic mass is 35.5. The van der Waals surface area contributed by atoms with Gasteiger partial charge < -0.3 is 10.1 Å². The van der Waals surface area contributed by atoms with Crippen molar-refractivity contribution in [1.29, 1.82) is 0 Å². The van der Waals surface area contributed by atoms with Crippen LogP contribution in [0.5, 0.6) is 5.75 Å². The van der Waals surface area contributed by atoms with Crippen LogP contribution in [0.1, 0.15) is 16.7 Å². The third kappa shape index (κ3) is 5.15. The standard InChI is InChI=1S/C25H25ClN2O4S/c1-17-3-10-21(11-4-17)33(30,31)28-16-24(32-23-15-18(2)5-12-22(23)28)25(29)27-14-13-19-6-8-20(26)9-7-19/h3-12,15,24H,13-14,16H2,1-2H3,(H,27,29)/t24-/m0/s1. The maximum atomic E-state index is 13.5. The third-order valence-electron chi connectivity index (χ3n) is 5.51. The lowest BCUT2D eigenvalue weighted by Crippen LogP contribution is -2.51. The van der Waals surface area contributed by atoms with Gasteiger partial charge in [0.2, 0.25) is 0 Å². The minimum atomic E-state index is -3.88. The number of nitrogens with one attached hydrogen (secondary N) is 1. The van der Waals surface area contributed by atoms with Crippen LogP contribution in [0.3, 0.4) is 0 Å². The number of nitrogens with zero attached hydrogens (tertiary/aromatic N) is 1. The molecule has 0 aromatic heterocycles. The number of sulfonamides is 1. The molecule has 33 heavy (non-hydrogen) atoms. The van der Waals surface area contributed by atoms with Gasteiger partial charge in [-0.2, -0.15) is 0 Å². The van der Waals surface area contributed by atoms with Crippen LogP contribution in [0.25, 0.3) is 0 Å². The number of hydrogen-bond donors (Lipinski definition) is 1. The molecule has 3 aromatic carbocycles. The normalized spacial score (nSPS) is 15.5. The highest BCUT2D eigenvalue weighted by Gasteiger charge is 2.37. The molecule has 0 fully saturated rings. The Kier molecular flexibility index (Phi) is 6.63. The lowest BCUT2D eigenvalue weighted by atomic mass is 10.1. The number of halogens is 1. The summed E-state index contributed by atoms with van der Waals surface area (Å²) in [6.45, 7) is 4.07. The number of benzene rings is 3. The summed E-state index contributed by atoms with van der Waals surface area (Å²) in [7, 11) is -3.88. The second kappa shape index (κ2) is 9.45. The number of hydrogen-bond acceptors (Lipinski definition) is 4. The van der Waals surface area contributed by atoms with E-state index in [2.05, 4.69) is 5.32 Å². The van der Waals surface area contributed by atoms with Crippen LogP contribution in [0.15, 0.2) is 71.6 Å². The van der Waals surface area contributed by atoms with E-state index < -0.39 is 16.1 Å². The van der Waals surface area contributed by atoms with Crippen LogP contribution < -0.4 is 14.4 Å². The second-order valence-corrected chi connectivity index (χ2v) is 10.4. The number of anilines is 1. The van der Waals surface area contributed by atoms with E-state index in [4.69, 9.17) is 16.3 Å². The van der Waals surface area contributed by atoms with Crippen LogP contribution in [0.2, 0.25) is 5.02 Å². The van der Waals surface area contributed by atoms with E-state index >= 15 is 0 Å². The van der Waals surface area contributed by atoms with E-state index in [9.17, 15) is 13.2 Å². The van der Waals surface area contributed by atoms with Gasteiger partial charge in [-0.3, -0.25) is 9.10 Å². The Hall–Kier alpha value is -3.03. The molecule has 1 atom stereocenters. The van der Waals surface area contributed by atoms with Gasteiger partial charge in [-0.1, -0.05) is 47.5 Å². The molecule has 8 heteroatoms. The monoisotopic (exact) mass is 484 g/mol. The second-order valence-electron chi connectivity index (χ2n) is 8.09. The molecule has 0 unspecified atom stereocenters. The molecule has 1 heterocycles. The van der Waals surface area contributed by atoms with Crippen molar-refractivity contribution in [1.82, 2.24) is 5.32 Å². The molecule has 4 rings (SSSR count). The van der Waals surface area contributed by atoms with Crippen LogP contribution in [-0.2, 0) is 21.2 Å². The fourth-order valence-corrected chi connectivity index (χ4v) is 5.26. The largest absolute Gasteiger partial charge is 0.476 e. The van der Waals surface area contributed by atoms with Gasteiger partial charge in [-0.25, -0.2) is 8.42 Å². The minimum Gasteiger partial charge on any atom is -0.476 e. The maximum Gasteiger partial charge on any atom is 0.264 e. The molecule has 3 aromatic rings. The molecule has 0 bridgehead atoms. The molecule has 0 aliphatic carbocycles. The Balaban J connectivity index is 1.55. The predicted molar refractivity (Wildman–Crippen MR) is 129 cm³/mol. The summed E-state index contributed by atoms with van der Waals surface area (Å²) >= 11 is 5.91. The average molecular weight is 485 g/mol. The Labute approximate surface area is 199 Å². The summed E-state index contributed by atoms with van der Waals surface area (Å²) in [5, 5.41) is 3.52. The quantitative estimate of drug-likeness (QED) is 0.567. The van der Waals surface area contributed by atoms with E-state index in [1.807, 2.05) is 32.0 Å². The average Bonchev–Trinajstić information content (AvgIpc) is 2.79. The Morgan fingerprint density at radius 2 is 1.70 bits per heavy atom. The first-order valence-corrected chi connectivity index (χ1v) is 12.4. The molecular formula is C25H25ClN2O4S. The summed E-state index contributed by atoms with van der Waals surface area (Å²) in [4.78, 5) is 13.1. The van der Waals surface area contributed by atoms with Gasteiger partial charge in [0.25, 0.3) is 15.9 Å². The number of aryl methyl sites for hydroxylation is 2. The number of ether oxygens (including phenoxy) is 1. The molecular weight excluding hydrogens is 460 g/mol. The fourth-order valence-electron chi connectivity index (χ4n) is 3.66. The number of carbonyl (C=O) groups excluding carboxylic acids is 1. The molecule has 1 aliphatic heterocycles. The van der Waals surface area contributed by atoms with Gasteiger partial charge in [-0.05, 0) is 67.8 Å². The first-order chi connectivity index (χ1) is 15.7. The van der Waals surface area contributed by atoms with Crippen molar-refractivity contribution in [2.45, 2.75) is 31.3 Å². The summed E-state index contributed by atoms with van der Waals surface area (Å²) in [6, 6.07) is 19.4. The molecule has 1 amide bonds. The zero-order chi connectivity index (χ0) is 23.6. The molecule has 1 aliphatic rings. The Bertz CT molecular complexity index is 1260. The first-order valence-electron chi connectivity index (χ1n) is 10.6. The smallest absolute Gasteiger partial charge is 0.264 e. The number of carbonyl (C=O) groups is 1. The highest BCUT2D eigenvalue weighted by molar-refractivity contribution is 7.92. The van der Waals surface area contributed by atoms with Crippen LogP contribution >= 0.6 is 11.6 Å². The van der Waals surface area contributed by atoms with E-state index in [1.165, 1.54) is 4.31 Å². The lowest BCUT2D eigenvalue weighted by molar-refractivity contribution is -0.127. The fraction of sp³-hybridized carbons (Fsp3) is 0.240. The van der Waals surface area contributed by atoms with Crippen molar-refractivity contribution in [3.05, 3.63) is 88.4 Å². The number of fused-ring (bicyclic) bond motifs is 1. The summed E-state index contributed by atoms with van der Waals surface area (Å²) in [5.41, 5.74) is 3.33. The molecule has 0 spiro atoms. The number of rotatable bonds is 6. The summed E-state index contributed by atoms with van der Waals surface area (Å²) in [6.07, 6.45) is -0.346. The summed E-state index contributed by atoms with van der Waals surface area (Å²) < 4.78 is 34.1. The van der Waals surface area contributed by atoms with Crippen LogP contribution in [0.4, 0.5) is 5.69 Å². The molecule has 0 saturated carbocycles. The van der Waals surface area contributed by atoms with E-state index in [-0.39, 0.29) is 17.3 Å². The van der Waals surface area contributed by atoms with Gasteiger partial charge in [0.1, 0.15) is 5.75 Å². The van der Waals surface area contributed by atoms with Crippen LogP contribution in [-0.4, -0.2) is 33.5 Å². The van der Waals surface area contributed by atoms with Crippen molar-refractivity contribution in [2.24, 2.45) is 0 Å². The minimum absolute atomic E-state index is 0.112. The van der Waals surface area contributed by atoms with Gasteiger partial charge >= 0.3 is 0 Å². The van der Waals surface area contributed by atoms with Crippen molar-refractivity contribution in [2.75, 3.05) is 17.4 Å². The number of amides is 1. The van der Waals surface area contributed by atoms with Gasteiger partial charge in [0.15, 0.2) is 6.10 Å². The van der Waals surface area contributed by atoms with E-state index in [0.29, 0.717) is 29.4 Å². The van der Waals surface area contributed by atoms with Crippen molar-refractivity contribution in [3.63, 3.8) is 0 Å². The van der Waals surface area contributed by atoms with Gasteiger partial charge in [-0.15, -0.1) is 0 Å². The zero-order valence-electron chi connectivity index (χ0n) is 18.4. The molecule has 172 valence electrons. The Morgan fingerprint density at radius 1 is 1.03 bits per heavy atom. The highest BCUT2D eigenvalue weighted by Crippen LogP contribution is 2.37. The topological polar surface area (TPSA) is 75.7 Å². The van der Waals surface area contributed by atoms with Gasteiger partial charge in [0, 0.05) is 11.6 Å². The lowest BCUT2D eigenvalue weighted by Gasteiger charge is -2.35. The molecule has 0 radical (unpaired) electrons. The van der Waals surface area contributed by atoms with Crippen LogP contribution in [0, 0.1) is 13.8 Å². The maximum absolute atomic E-state index is 13.5. The van der Waals surface area contributed by atoms with Gasteiger partial charge in [0.05, 0.1) is 17.1 Å². The zero-order valence-corrected chi connectivity index (χ0v) is 20.0. The predicted octanol–water partition coefficient (Wildman–Crippen LogP) is 4.27. The molecule has 0 saturated heterocycles. The Morgan fingerprint density at radius 3 is 2.39 bits per heavy atom. The molecule has 6 nitrogen and oxygen atoms in total. The van der Waals surface area contributed by atoms with Crippen molar-refractivity contribution >= 4 is 33.2 Å².